The van der Waals surface area contributed by atoms with Gasteiger partial charge < -0.3 is 4.74 Å². The molecular formula is C10H11N3O. The lowest BCUT2D eigenvalue weighted by atomic mass is 10.1. The zero-order valence-corrected chi connectivity index (χ0v) is 8.11. The normalized spacial score (nSPS) is 10.1. The van der Waals surface area contributed by atoms with Gasteiger partial charge in [0.1, 0.15) is 0 Å². The molecule has 0 aromatic carbocycles. The number of ether oxygens (including phenoxy) is 1. The number of nitrogens with one attached hydrogen (secondary N) is 1. The number of hydrogen-bond donors (Lipinski definition) is 1. The molecule has 0 radical (unpaired) electrons. The smallest absolute Gasteiger partial charge is 0.222 e. The summed E-state index contributed by atoms with van der Waals surface area (Å²) in [5.74, 6) is 0.611. The summed E-state index contributed by atoms with van der Waals surface area (Å²) in [7, 11) is 1.61. The lowest BCUT2D eigenvalue weighted by molar-refractivity contribution is 0.399. The van der Waals surface area contributed by atoms with Crippen molar-refractivity contribution >= 4 is 0 Å². The second kappa shape index (κ2) is 3.49. The van der Waals surface area contributed by atoms with Crippen LogP contribution in [0.25, 0.3) is 11.3 Å². The molecule has 0 aliphatic heterocycles. The van der Waals surface area contributed by atoms with Crippen LogP contribution >= 0.6 is 0 Å². The van der Waals surface area contributed by atoms with Gasteiger partial charge in [-0.3, -0.25) is 5.10 Å². The molecule has 1 N–H and O–H groups in total. The van der Waals surface area contributed by atoms with Gasteiger partial charge in [-0.25, -0.2) is 4.98 Å². The summed E-state index contributed by atoms with van der Waals surface area (Å²) in [4.78, 5) is 4.18. The number of nitrogens with zero attached hydrogens (tertiary/aromatic N) is 2. The predicted octanol–water partition coefficient (Wildman–Crippen LogP) is 1.79. The average molecular weight is 189 g/mol. The molecule has 0 fully saturated rings. The first kappa shape index (κ1) is 8.74. The summed E-state index contributed by atoms with van der Waals surface area (Å²) in [6, 6.07) is 3.90. The van der Waals surface area contributed by atoms with Gasteiger partial charge in [0.15, 0.2) is 0 Å². The molecule has 72 valence electrons. The molecule has 2 rings (SSSR count). The summed E-state index contributed by atoms with van der Waals surface area (Å²) in [6.45, 7) is 1.99. The first-order chi connectivity index (χ1) is 6.81. The van der Waals surface area contributed by atoms with Gasteiger partial charge in [0.25, 0.3) is 0 Å². The lowest BCUT2D eigenvalue weighted by Gasteiger charge is -2.05. The number of aromatic nitrogens is 3. The van der Waals surface area contributed by atoms with E-state index in [0.717, 1.165) is 16.8 Å². The number of aryl methyl sites for hydroxylation is 1. The Balaban J connectivity index is 2.55. The molecular weight excluding hydrogens is 178 g/mol. The average Bonchev–Trinajstić information content (AvgIpc) is 2.70. The molecule has 4 heteroatoms. The number of H-pyrrole nitrogens is 1. The van der Waals surface area contributed by atoms with Crippen molar-refractivity contribution in [1.82, 2.24) is 15.2 Å². The van der Waals surface area contributed by atoms with E-state index in [1.165, 1.54) is 0 Å². The van der Waals surface area contributed by atoms with Crippen molar-refractivity contribution < 1.29 is 4.74 Å². The van der Waals surface area contributed by atoms with Gasteiger partial charge in [0, 0.05) is 12.4 Å². The fraction of sp³-hybridized carbons (Fsp3) is 0.200. The van der Waals surface area contributed by atoms with Crippen LogP contribution in [-0.2, 0) is 0 Å². The molecule has 2 aromatic rings. The molecule has 0 unspecified atom stereocenters. The summed E-state index contributed by atoms with van der Waals surface area (Å²) in [6.07, 6.45) is 3.48. The molecule has 0 bridgehead atoms. The van der Waals surface area contributed by atoms with Gasteiger partial charge in [-0.1, -0.05) is 0 Å². The fourth-order valence-electron chi connectivity index (χ4n) is 1.32. The number of hydrogen-bond acceptors (Lipinski definition) is 3. The van der Waals surface area contributed by atoms with E-state index in [-0.39, 0.29) is 0 Å². The highest BCUT2D eigenvalue weighted by Gasteiger charge is 2.07. The quantitative estimate of drug-likeness (QED) is 0.783. The van der Waals surface area contributed by atoms with Crippen LogP contribution in [0, 0.1) is 6.92 Å². The summed E-state index contributed by atoms with van der Waals surface area (Å²) in [5, 5.41) is 6.78. The van der Waals surface area contributed by atoms with Crippen molar-refractivity contribution in [3.05, 3.63) is 30.1 Å². The van der Waals surface area contributed by atoms with Crippen molar-refractivity contribution in [2.75, 3.05) is 7.11 Å². The van der Waals surface area contributed by atoms with E-state index in [1.54, 1.807) is 19.5 Å². The van der Waals surface area contributed by atoms with Crippen LogP contribution in [-0.4, -0.2) is 22.3 Å². The van der Waals surface area contributed by atoms with Crippen LogP contribution in [0.3, 0.4) is 0 Å². The molecule has 0 atom stereocenters. The van der Waals surface area contributed by atoms with Gasteiger partial charge >= 0.3 is 0 Å². The van der Waals surface area contributed by atoms with E-state index in [9.17, 15) is 0 Å². The predicted molar refractivity (Wildman–Crippen MR) is 53.1 cm³/mol. The Hall–Kier alpha value is -1.84. The van der Waals surface area contributed by atoms with E-state index in [0.29, 0.717) is 5.88 Å². The molecule has 4 nitrogen and oxygen atoms in total. The van der Waals surface area contributed by atoms with Gasteiger partial charge in [-0.05, 0) is 24.6 Å². The van der Waals surface area contributed by atoms with E-state index >= 15 is 0 Å². The van der Waals surface area contributed by atoms with Crippen molar-refractivity contribution in [2.45, 2.75) is 6.92 Å². The second-order valence-corrected chi connectivity index (χ2v) is 3.04. The highest BCUT2D eigenvalue weighted by Crippen LogP contribution is 2.26. The lowest BCUT2D eigenvalue weighted by Crippen LogP contribution is -1.92. The third-order valence-electron chi connectivity index (χ3n) is 1.97. The molecule has 2 aromatic heterocycles. The first-order valence-electron chi connectivity index (χ1n) is 4.31. The second-order valence-electron chi connectivity index (χ2n) is 3.04. The highest BCUT2D eigenvalue weighted by molar-refractivity contribution is 5.65. The molecule has 0 spiro atoms. The molecule has 0 aliphatic carbocycles. The SMILES string of the molecule is COc1ncc(C)cc1-c1ccn[nH]1. The highest BCUT2D eigenvalue weighted by atomic mass is 16.5. The number of rotatable bonds is 2. The topological polar surface area (TPSA) is 50.8 Å². The third-order valence-corrected chi connectivity index (χ3v) is 1.97. The molecule has 2 heterocycles. The van der Waals surface area contributed by atoms with Gasteiger partial charge in [-0.2, -0.15) is 5.10 Å². The van der Waals surface area contributed by atoms with Gasteiger partial charge in [0.05, 0.1) is 18.4 Å². The number of aromatic amines is 1. The van der Waals surface area contributed by atoms with Crippen molar-refractivity contribution in [3.8, 4) is 17.1 Å². The van der Waals surface area contributed by atoms with Crippen molar-refractivity contribution in [3.63, 3.8) is 0 Å². The van der Waals surface area contributed by atoms with Crippen LogP contribution in [0.4, 0.5) is 0 Å². The minimum atomic E-state index is 0.611. The van der Waals surface area contributed by atoms with E-state index in [2.05, 4.69) is 15.2 Å². The Kier molecular flexibility index (Phi) is 2.18. The monoisotopic (exact) mass is 189 g/mol. The van der Waals surface area contributed by atoms with Crippen LogP contribution < -0.4 is 4.74 Å². The van der Waals surface area contributed by atoms with Crippen LogP contribution in [0.2, 0.25) is 0 Å². The zero-order valence-electron chi connectivity index (χ0n) is 8.11. The summed E-state index contributed by atoms with van der Waals surface area (Å²) in [5.41, 5.74) is 2.94. The largest absolute Gasteiger partial charge is 0.481 e. The Labute approximate surface area is 81.9 Å². The zero-order chi connectivity index (χ0) is 9.97. The number of pyridine rings is 1. The minimum absolute atomic E-state index is 0.611. The number of methoxy groups -OCH3 is 1. The molecule has 0 aliphatic rings. The van der Waals surface area contributed by atoms with E-state index in [1.807, 2.05) is 19.1 Å². The van der Waals surface area contributed by atoms with Gasteiger partial charge in [-0.15, -0.1) is 0 Å². The van der Waals surface area contributed by atoms with Crippen LogP contribution in [0.1, 0.15) is 5.56 Å². The van der Waals surface area contributed by atoms with E-state index < -0.39 is 0 Å². The van der Waals surface area contributed by atoms with Crippen molar-refractivity contribution in [2.24, 2.45) is 0 Å². The van der Waals surface area contributed by atoms with Crippen LogP contribution in [0.5, 0.6) is 5.88 Å². The van der Waals surface area contributed by atoms with E-state index in [4.69, 9.17) is 4.74 Å². The Morgan fingerprint density at radius 2 is 2.29 bits per heavy atom. The fourth-order valence-corrected chi connectivity index (χ4v) is 1.32. The Morgan fingerprint density at radius 3 is 2.93 bits per heavy atom. The Bertz CT molecular complexity index is 423. The minimum Gasteiger partial charge on any atom is -0.481 e. The summed E-state index contributed by atoms with van der Waals surface area (Å²) >= 11 is 0. The van der Waals surface area contributed by atoms with Crippen LogP contribution in [0.15, 0.2) is 24.5 Å². The van der Waals surface area contributed by atoms with Crippen molar-refractivity contribution in [1.29, 1.82) is 0 Å². The molecule has 0 saturated heterocycles. The molecule has 0 saturated carbocycles. The molecule has 0 amide bonds. The standard InChI is InChI=1S/C10H11N3O/c1-7-5-8(9-3-4-12-13-9)10(14-2)11-6-7/h3-6H,1-2H3,(H,12,13). The Morgan fingerprint density at radius 1 is 1.43 bits per heavy atom. The maximum atomic E-state index is 5.17. The summed E-state index contributed by atoms with van der Waals surface area (Å²) < 4.78 is 5.17. The maximum Gasteiger partial charge on any atom is 0.222 e. The first-order valence-corrected chi connectivity index (χ1v) is 4.31. The molecule has 14 heavy (non-hydrogen) atoms. The maximum absolute atomic E-state index is 5.17. The third kappa shape index (κ3) is 1.46. The van der Waals surface area contributed by atoms with Gasteiger partial charge in [0.2, 0.25) is 5.88 Å².